The third-order valence-electron chi connectivity index (χ3n) is 6.03. The fourth-order valence-corrected chi connectivity index (χ4v) is 4.10. The smallest absolute Gasteiger partial charge is 0.224 e. The minimum Gasteiger partial charge on any atom is -0.493 e. The van der Waals surface area contributed by atoms with Crippen molar-refractivity contribution in [3.05, 3.63) is 47.5 Å². The normalized spacial score (nSPS) is 13.9. The number of nitrogens with zero attached hydrogens (tertiary/aromatic N) is 2. The number of amides is 2. The molecule has 0 unspecified atom stereocenters. The second-order valence-corrected chi connectivity index (χ2v) is 8.42. The molecule has 8 nitrogen and oxygen atoms in total. The van der Waals surface area contributed by atoms with E-state index >= 15 is 0 Å². The van der Waals surface area contributed by atoms with Crippen LogP contribution in [-0.4, -0.2) is 69.1 Å². The fraction of sp³-hybridized carbons (Fsp3) is 0.462. The number of piperazine rings is 1. The first-order valence-corrected chi connectivity index (χ1v) is 11.6. The maximum Gasteiger partial charge on any atom is 0.224 e. The summed E-state index contributed by atoms with van der Waals surface area (Å²) in [5.41, 5.74) is 2.94. The van der Waals surface area contributed by atoms with Gasteiger partial charge in [-0.15, -0.1) is 0 Å². The van der Waals surface area contributed by atoms with Crippen LogP contribution in [0.4, 0.5) is 5.69 Å². The minimum absolute atomic E-state index is 0.0645. The molecule has 0 aliphatic carbocycles. The Balaban J connectivity index is 1.42. The molecule has 1 N–H and O–H groups in total. The van der Waals surface area contributed by atoms with Crippen LogP contribution in [0.15, 0.2) is 36.4 Å². The van der Waals surface area contributed by atoms with Crippen LogP contribution >= 0.6 is 0 Å². The number of methoxy groups -OCH3 is 3. The van der Waals surface area contributed by atoms with Crippen LogP contribution < -0.4 is 19.5 Å². The van der Waals surface area contributed by atoms with Gasteiger partial charge in [0, 0.05) is 56.8 Å². The van der Waals surface area contributed by atoms with Crippen molar-refractivity contribution < 1.29 is 23.8 Å². The van der Waals surface area contributed by atoms with Crippen LogP contribution in [0, 0.1) is 6.92 Å². The molecule has 2 amide bonds. The maximum atomic E-state index is 12.6. The van der Waals surface area contributed by atoms with E-state index in [1.54, 1.807) is 21.3 Å². The standard InChI is InChI=1S/C26H35N3O5/c1-19-8-11-21(12-9-19)27-23(30)6-5-7-24(31)29-16-14-28(15-17-29)18-20-10-13-22(32-2)26(34-4)25(20)33-3/h8-13H,5-7,14-18H2,1-4H3,(H,27,30). The van der Waals surface area contributed by atoms with Crippen molar-refractivity contribution in [1.29, 1.82) is 0 Å². The van der Waals surface area contributed by atoms with E-state index in [-0.39, 0.29) is 11.8 Å². The number of carbonyl (C=O) groups is 2. The molecule has 34 heavy (non-hydrogen) atoms. The van der Waals surface area contributed by atoms with Gasteiger partial charge in [0.25, 0.3) is 0 Å². The number of aryl methyl sites for hydroxylation is 1. The highest BCUT2D eigenvalue weighted by Gasteiger charge is 2.23. The van der Waals surface area contributed by atoms with Crippen molar-refractivity contribution in [1.82, 2.24) is 9.80 Å². The topological polar surface area (TPSA) is 80.3 Å². The van der Waals surface area contributed by atoms with E-state index in [2.05, 4.69) is 10.2 Å². The third kappa shape index (κ3) is 6.63. The Kier molecular flexibility index (Phi) is 9.16. The van der Waals surface area contributed by atoms with Gasteiger partial charge >= 0.3 is 0 Å². The van der Waals surface area contributed by atoms with Crippen molar-refractivity contribution in [3.8, 4) is 17.2 Å². The fourth-order valence-electron chi connectivity index (χ4n) is 4.10. The molecule has 8 heteroatoms. The third-order valence-corrected chi connectivity index (χ3v) is 6.03. The SMILES string of the molecule is COc1ccc(CN2CCN(C(=O)CCCC(=O)Nc3ccc(C)cc3)CC2)c(OC)c1OC. The largest absolute Gasteiger partial charge is 0.493 e. The van der Waals surface area contributed by atoms with Gasteiger partial charge in [-0.1, -0.05) is 23.8 Å². The lowest BCUT2D eigenvalue weighted by atomic mass is 10.1. The Labute approximate surface area is 201 Å². The predicted molar refractivity (Wildman–Crippen MR) is 132 cm³/mol. The zero-order valence-corrected chi connectivity index (χ0v) is 20.6. The average Bonchev–Trinajstić information content (AvgIpc) is 2.85. The lowest BCUT2D eigenvalue weighted by Crippen LogP contribution is -2.48. The van der Waals surface area contributed by atoms with E-state index in [0.29, 0.717) is 56.1 Å². The Morgan fingerprint density at radius 2 is 1.53 bits per heavy atom. The van der Waals surface area contributed by atoms with Crippen molar-refractivity contribution in [2.24, 2.45) is 0 Å². The van der Waals surface area contributed by atoms with Crippen molar-refractivity contribution in [3.63, 3.8) is 0 Å². The number of benzene rings is 2. The lowest BCUT2D eigenvalue weighted by molar-refractivity contribution is -0.133. The zero-order chi connectivity index (χ0) is 24.5. The van der Waals surface area contributed by atoms with E-state index in [4.69, 9.17) is 14.2 Å². The molecule has 3 rings (SSSR count). The lowest BCUT2D eigenvalue weighted by Gasteiger charge is -2.35. The Hall–Kier alpha value is -3.26. The van der Waals surface area contributed by atoms with Crippen LogP contribution in [0.3, 0.4) is 0 Å². The number of ether oxygens (including phenoxy) is 3. The first kappa shape index (κ1) is 25.4. The number of anilines is 1. The van der Waals surface area contributed by atoms with E-state index in [0.717, 1.165) is 29.9 Å². The number of nitrogens with one attached hydrogen (secondary N) is 1. The predicted octanol–water partition coefficient (Wildman–Crippen LogP) is 3.47. The molecule has 184 valence electrons. The van der Waals surface area contributed by atoms with Crippen LogP contribution in [0.1, 0.15) is 30.4 Å². The van der Waals surface area contributed by atoms with Gasteiger partial charge in [0.15, 0.2) is 11.5 Å². The van der Waals surface area contributed by atoms with Gasteiger partial charge in [-0.25, -0.2) is 0 Å². The average molecular weight is 470 g/mol. The summed E-state index contributed by atoms with van der Waals surface area (Å²) in [6, 6.07) is 11.6. The van der Waals surface area contributed by atoms with Gasteiger partial charge in [-0.3, -0.25) is 14.5 Å². The van der Waals surface area contributed by atoms with Crippen LogP contribution in [0.2, 0.25) is 0 Å². The van der Waals surface area contributed by atoms with Crippen LogP contribution in [-0.2, 0) is 16.1 Å². The number of carbonyl (C=O) groups excluding carboxylic acids is 2. The number of rotatable bonds is 10. The van der Waals surface area contributed by atoms with Gasteiger partial charge in [0.1, 0.15) is 0 Å². The molecule has 0 radical (unpaired) electrons. The zero-order valence-electron chi connectivity index (χ0n) is 20.6. The molecular formula is C26H35N3O5. The van der Waals surface area contributed by atoms with Gasteiger partial charge in [-0.2, -0.15) is 0 Å². The summed E-state index contributed by atoms with van der Waals surface area (Å²) in [7, 11) is 4.82. The summed E-state index contributed by atoms with van der Waals surface area (Å²) in [4.78, 5) is 28.9. The van der Waals surface area contributed by atoms with E-state index < -0.39 is 0 Å². The van der Waals surface area contributed by atoms with Crippen LogP contribution in [0.25, 0.3) is 0 Å². The number of hydrogen-bond acceptors (Lipinski definition) is 6. The Bertz CT molecular complexity index is 969. The minimum atomic E-state index is -0.0645. The summed E-state index contributed by atoms with van der Waals surface area (Å²) in [6.45, 7) is 5.59. The summed E-state index contributed by atoms with van der Waals surface area (Å²) >= 11 is 0. The second kappa shape index (κ2) is 12.3. The van der Waals surface area contributed by atoms with E-state index in [1.807, 2.05) is 48.2 Å². The van der Waals surface area contributed by atoms with Gasteiger partial charge in [-0.05, 0) is 31.5 Å². The molecule has 0 atom stereocenters. The molecular weight excluding hydrogens is 434 g/mol. The number of hydrogen-bond donors (Lipinski definition) is 1. The molecule has 1 aliphatic heterocycles. The molecule has 0 spiro atoms. The summed E-state index contributed by atoms with van der Waals surface area (Å²) in [5, 5.41) is 2.88. The quantitative estimate of drug-likeness (QED) is 0.574. The van der Waals surface area contributed by atoms with Crippen molar-refractivity contribution in [2.45, 2.75) is 32.7 Å². The van der Waals surface area contributed by atoms with Gasteiger partial charge in [0.05, 0.1) is 21.3 Å². The highest BCUT2D eigenvalue weighted by Crippen LogP contribution is 2.40. The first-order chi connectivity index (χ1) is 16.4. The highest BCUT2D eigenvalue weighted by molar-refractivity contribution is 5.91. The summed E-state index contributed by atoms with van der Waals surface area (Å²) in [6.07, 6.45) is 1.25. The van der Waals surface area contributed by atoms with Crippen LogP contribution in [0.5, 0.6) is 17.2 Å². The molecule has 2 aromatic carbocycles. The molecule has 0 bridgehead atoms. The highest BCUT2D eigenvalue weighted by atomic mass is 16.5. The molecule has 2 aromatic rings. The van der Waals surface area contributed by atoms with Gasteiger partial charge in [0.2, 0.25) is 17.6 Å². The van der Waals surface area contributed by atoms with Crippen molar-refractivity contribution in [2.75, 3.05) is 52.8 Å². The Morgan fingerprint density at radius 3 is 2.15 bits per heavy atom. The van der Waals surface area contributed by atoms with Crippen molar-refractivity contribution >= 4 is 17.5 Å². The summed E-state index contributed by atoms with van der Waals surface area (Å²) < 4.78 is 16.4. The summed E-state index contributed by atoms with van der Waals surface area (Å²) in [5.74, 6) is 1.93. The van der Waals surface area contributed by atoms with E-state index in [1.165, 1.54) is 0 Å². The molecule has 1 fully saturated rings. The molecule has 1 aliphatic rings. The second-order valence-electron chi connectivity index (χ2n) is 8.42. The molecule has 1 saturated heterocycles. The Morgan fingerprint density at radius 1 is 0.853 bits per heavy atom. The molecule has 0 saturated carbocycles. The first-order valence-electron chi connectivity index (χ1n) is 11.6. The molecule has 1 heterocycles. The monoisotopic (exact) mass is 469 g/mol. The van der Waals surface area contributed by atoms with E-state index in [9.17, 15) is 9.59 Å². The molecule has 0 aromatic heterocycles. The van der Waals surface area contributed by atoms with Gasteiger partial charge < -0.3 is 24.4 Å². The maximum absolute atomic E-state index is 12.6.